The third-order valence-electron chi connectivity index (χ3n) is 7.37. The van der Waals surface area contributed by atoms with E-state index in [1.807, 2.05) is 13.8 Å². The van der Waals surface area contributed by atoms with Crippen molar-refractivity contribution in [2.75, 3.05) is 20.3 Å². The van der Waals surface area contributed by atoms with Crippen molar-refractivity contribution in [3.05, 3.63) is 53.9 Å². The van der Waals surface area contributed by atoms with E-state index in [0.717, 1.165) is 12.8 Å². The van der Waals surface area contributed by atoms with Crippen LogP contribution in [0.25, 0.3) is 0 Å². The van der Waals surface area contributed by atoms with Crippen LogP contribution in [0.4, 0.5) is 0 Å². The summed E-state index contributed by atoms with van der Waals surface area (Å²) < 4.78 is 38.2. The first kappa shape index (κ1) is 33.4. The number of ether oxygens (including phenoxy) is 2. The van der Waals surface area contributed by atoms with E-state index < -0.39 is 50.3 Å². The standard InChI is InChI=1S/C28H42N5O8P/c1-7-19(8-2)16-38-27(36)18(3)32-42(37,41-20-12-10-9-11-13-20)39-17-22-24(34)25(35)28(4,40-22)23-15-14-21(26(29)30-5)33(23)31-6/h9-15,18-19,22,24-25,34-35H,6-8,16-17H2,1-5H3,(H2,29,30)(H,32,37)/t18-,22+,24+,25+,28-,42?/m0/s1. The second-order valence-corrected chi connectivity index (χ2v) is 11.9. The van der Waals surface area contributed by atoms with Crippen LogP contribution in [0, 0.1) is 5.92 Å². The number of nitrogens with two attached hydrogens (primary N) is 1. The van der Waals surface area contributed by atoms with Crippen LogP contribution in [0.3, 0.4) is 0 Å². The topological polar surface area (TPSA) is 179 Å². The predicted molar refractivity (Wildman–Crippen MR) is 159 cm³/mol. The number of aliphatic imine (C=N–C) groups is 1. The van der Waals surface area contributed by atoms with Crippen molar-refractivity contribution < 1.29 is 38.1 Å². The van der Waals surface area contributed by atoms with E-state index in [-0.39, 0.29) is 24.1 Å². The molecule has 2 aromatic rings. The maximum atomic E-state index is 13.9. The molecule has 3 rings (SSSR count). The third-order valence-corrected chi connectivity index (χ3v) is 9.02. The second-order valence-electron chi connectivity index (χ2n) is 10.2. The summed E-state index contributed by atoms with van der Waals surface area (Å²) in [6, 6.07) is 10.5. The van der Waals surface area contributed by atoms with E-state index in [9.17, 15) is 19.6 Å². The Morgan fingerprint density at radius 2 is 1.90 bits per heavy atom. The van der Waals surface area contributed by atoms with E-state index in [2.05, 4.69) is 21.9 Å². The van der Waals surface area contributed by atoms with Gasteiger partial charge in [-0.1, -0.05) is 44.9 Å². The van der Waals surface area contributed by atoms with Crippen molar-refractivity contribution in [2.24, 2.45) is 21.7 Å². The van der Waals surface area contributed by atoms with Gasteiger partial charge in [0.2, 0.25) is 0 Å². The first-order chi connectivity index (χ1) is 19.9. The molecule has 1 aliphatic rings. The minimum Gasteiger partial charge on any atom is -0.464 e. The molecule has 0 radical (unpaired) electrons. The quantitative estimate of drug-likeness (QED) is 0.102. The number of nitrogens with zero attached hydrogens (tertiary/aromatic N) is 3. The zero-order chi connectivity index (χ0) is 31.1. The van der Waals surface area contributed by atoms with Crippen LogP contribution in [0.2, 0.25) is 0 Å². The maximum Gasteiger partial charge on any atom is 0.459 e. The molecule has 1 saturated heterocycles. The summed E-state index contributed by atoms with van der Waals surface area (Å²) in [5.74, 6) is 0.000637. The van der Waals surface area contributed by atoms with Gasteiger partial charge in [-0.25, -0.2) is 9.24 Å². The highest BCUT2D eigenvalue weighted by atomic mass is 31.2. The zero-order valence-corrected chi connectivity index (χ0v) is 25.6. The maximum absolute atomic E-state index is 13.9. The third kappa shape index (κ3) is 7.47. The van der Waals surface area contributed by atoms with Gasteiger partial charge in [0.05, 0.1) is 18.9 Å². The number of carbonyl (C=O) groups is 1. The smallest absolute Gasteiger partial charge is 0.459 e. The van der Waals surface area contributed by atoms with Crippen molar-refractivity contribution in [1.29, 1.82) is 0 Å². The van der Waals surface area contributed by atoms with E-state index in [4.69, 9.17) is 24.3 Å². The van der Waals surface area contributed by atoms with Crippen LogP contribution in [-0.4, -0.2) is 78.0 Å². The fraction of sp³-hybridized carbons (Fsp3) is 0.536. The highest BCUT2D eigenvalue weighted by Crippen LogP contribution is 2.47. The Kier molecular flexibility index (Phi) is 11.5. The average Bonchev–Trinajstić information content (AvgIpc) is 3.52. The molecule has 6 atom stereocenters. The van der Waals surface area contributed by atoms with Gasteiger partial charge in [-0.05, 0) is 44.0 Å². The molecule has 1 fully saturated rings. The molecule has 5 N–H and O–H groups in total. The van der Waals surface area contributed by atoms with Gasteiger partial charge in [0, 0.05) is 13.8 Å². The highest BCUT2D eigenvalue weighted by molar-refractivity contribution is 7.52. The molecule has 232 valence electrons. The number of esters is 1. The lowest BCUT2D eigenvalue weighted by atomic mass is 9.93. The monoisotopic (exact) mass is 607 g/mol. The number of nitrogens with one attached hydrogen (secondary N) is 1. The number of aliphatic hydroxyl groups excluding tert-OH is 2. The van der Waals surface area contributed by atoms with Crippen molar-refractivity contribution in [3.63, 3.8) is 0 Å². The largest absolute Gasteiger partial charge is 0.464 e. The highest BCUT2D eigenvalue weighted by Gasteiger charge is 2.54. The molecule has 2 heterocycles. The van der Waals surface area contributed by atoms with E-state index in [1.54, 1.807) is 49.4 Å². The molecule has 1 aliphatic heterocycles. The van der Waals surface area contributed by atoms with Crippen molar-refractivity contribution in [1.82, 2.24) is 9.76 Å². The Bertz CT molecular complexity index is 1280. The van der Waals surface area contributed by atoms with E-state index in [1.165, 1.54) is 18.6 Å². The summed E-state index contributed by atoms with van der Waals surface area (Å²) in [5.41, 5.74) is 5.26. The summed E-state index contributed by atoms with van der Waals surface area (Å²) in [6.45, 7) is 10.4. The van der Waals surface area contributed by atoms with Crippen LogP contribution in [-0.2, 0) is 29.0 Å². The number of carbonyl (C=O) groups excluding carboxylic acids is 1. The van der Waals surface area contributed by atoms with Crippen LogP contribution >= 0.6 is 7.75 Å². The number of aromatic nitrogens is 1. The molecular formula is C28H42N5O8P. The fourth-order valence-corrected chi connectivity index (χ4v) is 6.12. The predicted octanol–water partition coefficient (Wildman–Crippen LogP) is 2.78. The molecule has 0 spiro atoms. The lowest BCUT2D eigenvalue weighted by Crippen LogP contribution is -2.40. The Hall–Kier alpha value is -3.06. The fourth-order valence-electron chi connectivity index (χ4n) is 4.61. The number of rotatable bonds is 15. The molecule has 1 aromatic heterocycles. The molecule has 14 heteroatoms. The van der Waals surface area contributed by atoms with Gasteiger partial charge in [-0.3, -0.25) is 14.3 Å². The van der Waals surface area contributed by atoms with Gasteiger partial charge < -0.3 is 29.9 Å². The Morgan fingerprint density at radius 1 is 1.24 bits per heavy atom. The van der Waals surface area contributed by atoms with Crippen LogP contribution in [0.5, 0.6) is 5.75 Å². The molecule has 0 bridgehead atoms. The van der Waals surface area contributed by atoms with Gasteiger partial charge in [-0.15, -0.1) is 0 Å². The lowest BCUT2D eigenvalue weighted by molar-refractivity contribution is -0.146. The Morgan fingerprint density at radius 3 is 2.50 bits per heavy atom. The first-order valence-electron chi connectivity index (χ1n) is 13.8. The van der Waals surface area contributed by atoms with Gasteiger partial charge in [-0.2, -0.15) is 10.2 Å². The minimum atomic E-state index is -4.24. The van der Waals surface area contributed by atoms with Crippen molar-refractivity contribution in [3.8, 4) is 5.75 Å². The zero-order valence-electron chi connectivity index (χ0n) is 24.7. The van der Waals surface area contributed by atoms with Crippen LogP contribution in [0.15, 0.2) is 52.6 Å². The summed E-state index contributed by atoms with van der Waals surface area (Å²) in [7, 11) is -2.72. The molecule has 1 aromatic carbocycles. The summed E-state index contributed by atoms with van der Waals surface area (Å²) in [5, 5.41) is 28.6. The van der Waals surface area contributed by atoms with Gasteiger partial charge >= 0.3 is 13.7 Å². The van der Waals surface area contributed by atoms with Crippen molar-refractivity contribution in [2.45, 2.75) is 70.5 Å². The number of amidine groups is 1. The molecule has 0 aliphatic carbocycles. The molecular weight excluding hydrogens is 565 g/mol. The first-order valence-corrected chi connectivity index (χ1v) is 15.4. The molecule has 0 saturated carbocycles. The summed E-state index contributed by atoms with van der Waals surface area (Å²) in [6.07, 6.45) is -2.32. The second kappa shape index (κ2) is 14.4. The Labute approximate surface area is 246 Å². The minimum absolute atomic E-state index is 0.183. The lowest BCUT2D eigenvalue weighted by Gasteiger charge is -2.28. The molecule has 13 nitrogen and oxygen atoms in total. The van der Waals surface area contributed by atoms with Gasteiger partial charge in [0.15, 0.2) is 0 Å². The SMILES string of the molecule is C=Nn1c(C(N)=NC)ccc1[C@]1(C)O[C@H](COP(=O)(N[C@@H](C)C(=O)OCC(CC)CC)Oc2ccccc2)[C@@H](O)[C@H]1O. The van der Waals surface area contributed by atoms with E-state index >= 15 is 0 Å². The molecule has 1 unspecified atom stereocenters. The van der Waals surface area contributed by atoms with Gasteiger partial charge in [0.25, 0.3) is 0 Å². The van der Waals surface area contributed by atoms with Gasteiger partial charge in [0.1, 0.15) is 47.2 Å². The summed E-state index contributed by atoms with van der Waals surface area (Å²) >= 11 is 0. The molecule has 0 amide bonds. The number of aliphatic hydroxyl groups is 2. The summed E-state index contributed by atoms with van der Waals surface area (Å²) in [4.78, 5) is 16.7. The number of para-hydroxylation sites is 1. The number of benzene rings is 1. The van der Waals surface area contributed by atoms with Crippen LogP contribution in [0.1, 0.15) is 51.9 Å². The van der Waals surface area contributed by atoms with Crippen LogP contribution < -0.4 is 15.3 Å². The molecule has 42 heavy (non-hydrogen) atoms. The Balaban J connectivity index is 1.80. The van der Waals surface area contributed by atoms with Crippen molar-refractivity contribution >= 4 is 26.3 Å². The van der Waals surface area contributed by atoms with E-state index in [0.29, 0.717) is 11.4 Å². The number of hydrogen-bond acceptors (Lipinski definition) is 10. The average molecular weight is 608 g/mol. The normalized spacial score (nSPS) is 24.8. The number of hydrogen-bond donors (Lipinski definition) is 4.